The van der Waals surface area contributed by atoms with Crippen LogP contribution in [0.5, 0.6) is 0 Å². The highest BCUT2D eigenvalue weighted by molar-refractivity contribution is 5.75. The molecule has 23 heavy (non-hydrogen) atoms. The summed E-state index contributed by atoms with van der Waals surface area (Å²) in [5.41, 5.74) is 4.84. The Hall–Kier alpha value is -1.93. The number of ether oxygens (including phenoxy) is 2. The van der Waals surface area contributed by atoms with Crippen molar-refractivity contribution >= 4 is 5.97 Å². The highest BCUT2D eigenvalue weighted by Gasteiger charge is 2.36. The maximum Gasteiger partial charge on any atom is 0.330 e. The van der Waals surface area contributed by atoms with Crippen LogP contribution in [0.4, 0.5) is 0 Å². The normalized spacial score (nSPS) is 24.7. The standard InChI is InChI=1S/C15H23N3O5/c1-8-6-18(14(21)17-12(8)19)11-5-9(16)10(23-11)7-22-13(20)15(2,3)4/h6,9-11H,5,7,16H2,1-4H3,(H,17,19,21)/t9-,10+,11+/m0/s1. The van der Waals surface area contributed by atoms with Gasteiger partial charge in [-0.25, -0.2) is 4.79 Å². The number of hydrogen-bond donors (Lipinski definition) is 2. The largest absolute Gasteiger partial charge is 0.462 e. The van der Waals surface area contributed by atoms with Gasteiger partial charge in [-0.2, -0.15) is 0 Å². The minimum Gasteiger partial charge on any atom is -0.462 e. The van der Waals surface area contributed by atoms with E-state index >= 15 is 0 Å². The third kappa shape index (κ3) is 3.89. The fourth-order valence-electron chi connectivity index (χ4n) is 2.26. The molecule has 8 heteroatoms. The van der Waals surface area contributed by atoms with Gasteiger partial charge in [-0.15, -0.1) is 0 Å². The Bertz CT molecular complexity index is 700. The van der Waals surface area contributed by atoms with Crippen molar-refractivity contribution < 1.29 is 14.3 Å². The van der Waals surface area contributed by atoms with Crippen LogP contribution in [0.15, 0.2) is 15.8 Å². The number of carbonyl (C=O) groups is 1. The van der Waals surface area contributed by atoms with Crippen LogP contribution in [0.2, 0.25) is 0 Å². The summed E-state index contributed by atoms with van der Waals surface area (Å²) >= 11 is 0. The molecule has 2 heterocycles. The van der Waals surface area contributed by atoms with Crippen LogP contribution < -0.4 is 17.0 Å². The second kappa shape index (κ2) is 6.29. The SMILES string of the molecule is Cc1cn([C@H]2C[C@H](N)[C@@H](COC(=O)C(C)(C)C)O2)c(=O)[nH]c1=O. The molecule has 0 radical (unpaired) electrons. The van der Waals surface area contributed by atoms with Crippen molar-refractivity contribution in [2.24, 2.45) is 11.1 Å². The first kappa shape index (κ1) is 17.4. The summed E-state index contributed by atoms with van der Waals surface area (Å²) in [4.78, 5) is 37.3. The highest BCUT2D eigenvalue weighted by Crippen LogP contribution is 2.27. The summed E-state index contributed by atoms with van der Waals surface area (Å²) in [7, 11) is 0. The second-order valence-corrected chi connectivity index (χ2v) is 6.86. The zero-order valence-corrected chi connectivity index (χ0v) is 13.8. The number of nitrogens with zero attached hydrogens (tertiary/aromatic N) is 1. The summed E-state index contributed by atoms with van der Waals surface area (Å²) in [6.45, 7) is 6.92. The number of rotatable bonds is 3. The number of nitrogens with two attached hydrogens (primary N) is 1. The lowest BCUT2D eigenvalue weighted by molar-refractivity contribution is -0.157. The van der Waals surface area contributed by atoms with Crippen molar-refractivity contribution in [3.05, 3.63) is 32.6 Å². The number of H-pyrrole nitrogens is 1. The molecule has 0 aromatic carbocycles. The van der Waals surface area contributed by atoms with Crippen molar-refractivity contribution in [2.45, 2.75) is 52.5 Å². The Balaban J connectivity index is 2.07. The van der Waals surface area contributed by atoms with Gasteiger partial charge in [0.15, 0.2) is 0 Å². The predicted octanol–water partition coefficient (Wildman–Crippen LogP) is 0.0491. The van der Waals surface area contributed by atoms with Gasteiger partial charge in [-0.1, -0.05) is 0 Å². The van der Waals surface area contributed by atoms with E-state index in [1.807, 2.05) is 0 Å². The quantitative estimate of drug-likeness (QED) is 0.759. The molecule has 3 N–H and O–H groups in total. The number of nitrogens with one attached hydrogen (secondary N) is 1. The molecule has 0 bridgehead atoms. The van der Waals surface area contributed by atoms with E-state index in [-0.39, 0.29) is 18.6 Å². The van der Waals surface area contributed by atoms with Gasteiger partial charge < -0.3 is 15.2 Å². The summed E-state index contributed by atoms with van der Waals surface area (Å²) in [6, 6.07) is -0.369. The summed E-state index contributed by atoms with van der Waals surface area (Å²) in [5, 5.41) is 0. The van der Waals surface area contributed by atoms with Crippen LogP contribution in [0.25, 0.3) is 0 Å². The smallest absolute Gasteiger partial charge is 0.330 e. The van der Waals surface area contributed by atoms with Crippen molar-refractivity contribution in [2.75, 3.05) is 6.61 Å². The molecule has 1 aromatic heterocycles. The van der Waals surface area contributed by atoms with Crippen LogP contribution in [0.3, 0.4) is 0 Å². The van der Waals surface area contributed by atoms with Gasteiger partial charge in [0.1, 0.15) is 18.9 Å². The van der Waals surface area contributed by atoms with E-state index in [9.17, 15) is 14.4 Å². The summed E-state index contributed by atoms with van der Waals surface area (Å²) < 4.78 is 12.3. The Kier molecular flexibility index (Phi) is 4.76. The van der Waals surface area contributed by atoms with E-state index in [1.54, 1.807) is 27.7 Å². The molecular formula is C15H23N3O5. The molecule has 128 valence electrons. The van der Waals surface area contributed by atoms with Crippen molar-refractivity contribution in [1.82, 2.24) is 9.55 Å². The molecule has 0 aliphatic carbocycles. The van der Waals surface area contributed by atoms with Gasteiger partial charge in [0.2, 0.25) is 0 Å². The maximum atomic E-state index is 11.9. The van der Waals surface area contributed by atoms with Crippen molar-refractivity contribution in [3.8, 4) is 0 Å². The number of esters is 1. The molecule has 8 nitrogen and oxygen atoms in total. The van der Waals surface area contributed by atoms with Gasteiger partial charge in [-0.3, -0.25) is 19.1 Å². The van der Waals surface area contributed by atoms with Gasteiger partial charge in [-0.05, 0) is 27.7 Å². The molecule has 0 amide bonds. The van der Waals surface area contributed by atoms with E-state index in [0.717, 1.165) is 0 Å². The molecule has 1 aliphatic heterocycles. The average Bonchev–Trinajstić information content (AvgIpc) is 2.80. The van der Waals surface area contributed by atoms with Crippen LogP contribution in [-0.2, 0) is 14.3 Å². The number of aromatic amines is 1. The summed E-state index contributed by atoms with van der Waals surface area (Å²) in [6.07, 6.45) is 0.752. The van der Waals surface area contributed by atoms with Gasteiger partial charge in [0.05, 0.1) is 5.41 Å². The second-order valence-electron chi connectivity index (χ2n) is 6.86. The Morgan fingerprint density at radius 2 is 2.13 bits per heavy atom. The Morgan fingerprint density at radius 1 is 1.48 bits per heavy atom. The van der Waals surface area contributed by atoms with Gasteiger partial charge in [0.25, 0.3) is 5.56 Å². The highest BCUT2D eigenvalue weighted by atomic mass is 16.6. The lowest BCUT2D eigenvalue weighted by Crippen LogP contribution is -2.36. The molecule has 1 fully saturated rings. The van der Waals surface area contributed by atoms with E-state index in [2.05, 4.69) is 4.98 Å². The van der Waals surface area contributed by atoms with Gasteiger partial charge in [0, 0.05) is 24.2 Å². The number of hydrogen-bond acceptors (Lipinski definition) is 6. The molecule has 0 unspecified atom stereocenters. The van der Waals surface area contributed by atoms with Crippen LogP contribution in [0.1, 0.15) is 39.0 Å². The minimum absolute atomic E-state index is 0.0326. The van der Waals surface area contributed by atoms with Crippen molar-refractivity contribution in [3.63, 3.8) is 0 Å². The zero-order valence-electron chi connectivity index (χ0n) is 13.8. The first-order valence-corrected chi connectivity index (χ1v) is 7.50. The van der Waals surface area contributed by atoms with E-state index in [0.29, 0.717) is 12.0 Å². The lowest BCUT2D eigenvalue weighted by atomic mass is 9.97. The van der Waals surface area contributed by atoms with Gasteiger partial charge >= 0.3 is 11.7 Å². The van der Waals surface area contributed by atoms with Crippen LogP contribution in [0, 0.1) is 12.3 Å². The topological polar surface area (TPSA) is 116 Å². The first-order chi connectivity index (χ1) is 10.6. The maximum absolute atomic E-state index is 11.9. The molecule has 1 aliphatic rings. The molecule has 1 aromatic rings. The minimum atomic E-state index is -0.602. The first-order valence-electron chi connectivity index (χ1n) is 7.50. The molecular weight excluding hydrogens is 302 g/mol. The third-order valence-corrected chi connectivity index (χ3v) is 3.73. The molecule has 3 atom stereocenters. The van der Waals surface area contributed by atoms with E-state index < -0.39 is 29.0 Å². The molecule has 1 saturated heterocycles. The number of aromatic nitrogens is 2. The molecule has 2 rings (SSSR count). The lowest BCUT2D eigenvalue weighted by Gasteiger charge is -2.20. The van der Waals surface area contributed by atoms with E-state index in [1.165, 1.54) is 10.8 Å². The van der Waals surface area contributed by atoms with Crippen LogP contribution in [-0.4, -0.2) is 34.3 Å². The third-order valence-electron chi connectivity index (χ3n) is 3.73. The predicted molar refractivity (Wildman–Crippen MR) is 83.0 cm³/mol. The fourth-order valence-corrected chi connectivity index (χ4v) is 2.26. The van der Waals surface area contributed by atoms with Crippen molar-refractivity contribution in [1.29, 1.82) is 0 Å². The summed E-state index contributed by atoms with van der Waals surface area (Å²) in [5.74, 6) is -0.339. The van der Waals surface area contributed by atoms with Crippen LogP contribution >= 0.6 is 0 Å². The monoisotopic (exact) mass is 325 g/mol. The molecule has 0 saturated carbocycles. The average molecular weight is 325 g/mol. The Labute approximate surface area is 133 Å². The number of carbonyl (C=O) groups excluding carboxylic acids is 1. The molecule has 0 spiro atoms. The Morgan fingerprint density at radius 3 is 2.74 bits per heavy atom. The number of aryl methyl sites for hydroxylation is 1. The zero-order chi connectivity index (χ0) is 17.4. The fraction of sp³-hybridized carbons (Fsp3) is 0.667. The van der Waals surface area contributed by atoms with E-state index in [4.69, 9.17) is 15.2 Å².